The third kappa shape index (κ3) is 4.25. The second-order valence-electron chi connectivity index (χ2n) is 3.65. The van der Waals surface area contributed by atoms with Gasteiger partial charge in [-0.25, -0.2) is 0 Å². The summed E-state index contributed by atoms with van der Waals surface area (Å²) in [6.45, 7) is 5.75. The van der Waals surface area contributed by atoms with Crippen molar-refractivity contribution in [2.45, 2.75) is 39.7 Å². The Hall–Kier alpha value is -1.06. The Morgan fingerprint density at radius 1 is 1.29 bits per heavy atom. The molecule has 0 saturated carbocycles. The molecule has 0 aromatic rings. The first-order chi connectivity index (χ1) is 6.52. The van der Waals surface area contributed by atoms with E-state index in [9.17, 15) is 9.59 Å². The lowest BCUT2D eigenvalue weighted by Gasteiger charge is -2.20. The molecule has 0 heterocycles. The van der Waals surface area contributed by atoms with Gasteiger partial charge in [-0.1, -0.05) is 20.8 Å². The molecule has 0 saturated heterocycles. The maximum atomic E-state index is 11.4. The third-order valence-corrected chi connectivity index (χ3v) is 1.99. The molecule has 0 aliphatic heterocycles. The average molecular weight is 200 g/mol. The first-order valence-electron chi connectivity index (χ1n) is 5.03. The zero-order chi connectivity index (χ0) is 11.1. The minimum atomic E-state index is -0.418. The normalized spacial score (nSPS) is 12.4. The van der Waals surface area contributed by atoms with E-state index in [0.717, 1.165) is 6.42 Å². The molecule has 0 radical (unpaired) electrons. The van der Waals surface area contributed by atoms with E-state index >= 15 is 0 Å². The van der Waals surface area contributed by atoms with Crippen LogP contribution < -0.4 is 10.6 Å². The predicted octanol–water partition coefficient (Wildman–Crippen LogP) is 0.673. The van der Waals surface area contributed by atoms with Crippen molar-refractivity contribution in [1.82, 2.24) is 10.6 Å². The SMILES string of the molecule is CCCC(=O)NC(C(=O)NC)C(C)C. The van der Waals surface area contributed by atoms with Gasteiger partial charge in [0.05, 0.1) is 0 Å². The van der Waals surface area contributed by atoms with Crippen LogP contribution in [0.5, 0.6) is 0 Å². The molecular weight excluding hydrogens is 180 g/mol. The van der Waals surface area contributed by atoms with Crippen molar-refractivity contribution in [3.63, 3.8) is 0 Å². The lowest BCUT2D eigenvalue weighted by Crippen LogP contribution is -2.48. The molecule has 1 unspecified atom stereocenters. The molecule has 4 heteroatoms. The average Bonchev–Trinajstić information content (AvgIpc) is 2.13. The summed E-state index contributed by atoms with van der Waals surface area (Å²) in [7, 11) is 1.57. The minimum Gasteiger partial charge on any atom is -0.357 e. The number of amides is 2. The highest BCUT2D eigenvalue weighted by Gasteiger charge is 2.22. The van der Waals surface area contributed by atoms with Crippen molar-refractivity contribution < 1.29 is 9.59 Å². The van der Waals surface area contributed by atoms with Crippen LogP contribution in [-0.4, -0.2) is 24.9 Å². The van der Waals surface area contributed by atoms with Gasteiger partial charge < -0.3 is 10.6 Å². The maximum Gasteiger partial charge on any atom is 0.242 e. The molecule has 0 bridgehead atoms. The first kappa shape index (κ1) is 12.9. The van der Waals surface area contributed by atoms with Crippen molar-refractivity contribution in [3.8, 4) is 0 Å². The van der Waals surface area contributed by atoms with Crippen LogP contribution in [-0.2, 0) is 9.59 Å². The quantitative estimate of drug-likeness (QED) is 0.685. The Morgan fingerprint density at radius 3 is 2.21 bits per heavy atom. The van der Waals surface area contributed by atoms with Crippen molar-refractivity contribution >= 4 is 11.8 Å². The lowest BCUT2D eigenvalue weighted by molar-refractivity contribution is -0.129. The highest BCUT2D eigenvalue weighted by Crippen LogP contribution is 2.02. The number of nitrogens with one attached hydrogen (secondary N) is 2. The van der Waals surface area contributed by atoms with Gasteiger partial charge in [0.15, 0.2) is 0 Å². The molecule has 2 N–H and O–H groups in total. The van der Waals surface area contributed by atoms with Crippen molar-refractivity contribution in [2.75, 3.05) is 7.05 Å². The first-order valence-corrected chi connectivity index (χ1v) is 5.03. The highest BCUT2D eigenvalue weighted by molar-refractivity contribution is 5.87. The Labute approximate surface area is 85.4 Å². The van der Waals surface area contributed by atoms with Gasteiger partial charge in [0, 0.05) is 13.5 Å². The van der Waals surface area contributed by atoms with Crippen LogP contribution in [0.3, 0.4) is 0 Å². The molecule has 0 rings (SSSR count). The van der Waals surface area contributed by atoms with Crippen LogP contribution in [0.4, 0.5) is 0 Å². The van der Waals surface area contributed by atoms with Gasteiger partial charge in [-0.2, -0.15) is 0 Å². The summed E-state index contributed by atoms with van der Waals surface area (Å²) >= 11 is 0. The molecule has 0 spiro atoms. The standard InChI is InChI=1S/C10H20N2O2/c1-5-6-8(13)12-9(7(2)3)10(14)11-4/h7,9H,5-6H2,1-4H3,(H,11,14)(H,12,13). The van der Waals surface area contributed by atoms with E-state index in [-0.39, 0.29) is 17.7 Å². The molecule has 0 aliphatic rings. The van der Waals surface area contributed by atoms with Crippen LogP contribution in [0.1, 0.15) is 33.6 Å². The zero-order valence-corrected chi connectivity index (χ0v) is 9.39. The topological polar surface area (TPSA) is 58.2 Å². The fourth-order valence-electron chi connectivity index (χ4n) is 1.16. The van der Waals surface area contributed by atoms with E-state index in [1.165, 1.54) is 0 Å². The summed E-state index contributed by atoms with van der Waals surface area (Å²) < 4.78 is 0. The van der Waals surface area contributed by atoms with E-state index in [1.54, 1.807) is 7.05 Å². The van der Waals surface area contributed by atoms with Gasteiger partial charge >= 0.3 is 0 Å². The predicted molar refractivity (Wildman–Crippen MR) is 55.7 cm³/mol. The van der Waals surface area contributed by atoms with Gasteiger partial charge in [-0.05, 0) is 12.3 Å². The van der Waals surface area contributed by atoms with Gasteiger partial charge in [-0.15, -0.1) is 0 Å². The molecule has 82 valence electrons. The molecule has 0 fully saturated rings. The largest absolute Gasteiger partial charge is 0.357 e. The second-order valence-corrected chi connectivity index (χ2v) is 3.65. The fraction of sp³-hybridized carbons (Fsp3) is 0.800. The van der Waals surface area contributed by atoms with Gasteiger partial charge in [0.25, 0.3) is 0 Å². The van der Waals surface area contributed by atoms with Crippen LogP contribution >= 0.6 is 0 Å². The summed E-state index contributed by atoms with van der Waals surface area (Å²) in [5.74, 6) is -0.0880. The van der Waals surface area contributed by atoms with E-state index in [2.05, 4.69) is 10.6 Å². The van der Waals surface area contributed by atoms with Crippen LogP contribution in [0.25, 0.3) is 0 Å². The number of rotatable bonds is 5. The Bertz CT molecular complexity index is 202. The number of carbonyl (C=O) groups excluding carboxylic acids is 2. The summed E-state index contributed by atoms with van der Waals surface area (Å²) in [6.07, 6.45) is 1.27. The molecule has 0 aromatic heterocycles. The lowest BCUT2D eigenvalue weighted by atomic mass is 10.0. The Kier molecular flexibility index (Phi) is 5.92. The molecule has 2 amide bonds. The van der Waals surface area contributed by atoms with Crippen LogP contribution in [0.2, 0.25) is 0 Å². The van der Waals surface area contributed by atoms with Crippen molar-refractivity contribution in [1.29, 1.82) is 0 Å². The zero-order valence-electron chi connectivity index (χ0n) is 9.39. The monoisotopic (exact) mass is 200 g/mol. The van der Waals surface area contributed by atoms with Crippen LogP contribution in [0.15, 0.2) is 0 Å². The number of hydrogen-bond donors (Lipinski definition) is 2. The molecule has 0 aliphatic carbocycles. The third-order valence-electron chi connectivity index (χ3n) is 1.99. The summed E-state index contributed by atoms with van der Waals surface area (Å²) in [4.78, 5) is 22.7. The summed E-state index contributed by atoms with van der Waals surface area (Å²) in [6, 6.07) is -0.418. The van der Waals surface area contributed by atoms with Gasteiger partial charge in [0.1, 0.15) is 6.04 Å². The fourth-order valence-corrected chi connectivity index (χ4v) is 1.16. The Morgan fingerprint density at radius 2 is 1.86 bits per heavy atom. The smallest absolute Gasteiger partial charge is 0.242 e. The molecule has 4 nitrogen and oxygen atoms in total. The second kappa shape index (κ2) is 6.40. The van der Waals surface area contributed by atoms with E-state index in [0.29, 0.717) is 6.42 Å². The summed E-state index contributed by atoms with van der Waals surface area (Å²) in [5.41, 5.74) is 0. The Balaban J connectivity index is 4.23. The van der Waals surface area contributed by atoms with E-state index in [1.807, 2.05) is 20.8 Å². The highest BCUT2D eigenvalue weighted by atomic mass is 16.2. The van der Waals surface area contributed by atoms with Gasteiger partial charge in [-0.3, -0.25) is 9.59 Å². The molecule has 0 aromatic carbocycles. The number of hydrogen-bond acceptors (Lipinski definition) is 2. The van der Waals surface area contributed by atoms with E-state index in [4.69, 9.17) is 0 Å². The summed E-state index contributed by atoms with van der Waals surface area (Å²) in [5, 5.41) is 5.26. The van der Waals surface area contributed by atoms with Crippen molar-refractivity contribution in [3.05, 3.63) is 0 Å². The maximum absolute atomic E-state index is 11.4. The minimum absolute atomic E-state index is 0.0604. The van der Waals surface area contributed by atoms with Crippen molar-refractivity contribution in [2.24, 2.45) is 5.92 Å². The molecular formula is C10H20N2O2. The molecule has 14 heavy (non-hydrogen) atoms. The van der Waals surface area contributed by atoms with Crippen LogP contribution in [0, 0.1) is 5.92 Å². The van der Waals surface area contributed by atoms with Gasteiger partial charge in [0.2, 0.25) is 11.8 Å². The number of likely N-dealkylation sites (N-methyl/N-ethyl adjacent to an activating group) is 1. The van der Waals surface area contributed by atoms with E-state index < -0.39 is 6.04 Å². The molecule has 1 atom stereocenters. The number of carbonyl (C=O) groups is 2.